The molecule has 0 bridgehead atoms. The number of carbonyl (C=O) groups is 2. The van der Waals surface area contributed by atoms with E-state index in [-0.39, 0.29) is 28.3 Å². The van der Waals surface area contributed by atoms with Crippen molar-refractivity contribution in [1.82, 2.24) is 10.0 Å². The van der Waals surface area contributed by atoms with Crippen LogP contribution in [0, 0.1) is 0 Å². The standard InChI is InChI=1S/C10H12N2O5S2/c13-8-2-1-7(12-8)4-11-19(16,17)9-3-6(5-18-9)10(14)15/h3,5,7,11H,1-2,4H2,(H,12,13)(H,14,15). The van der Waals surface area contributed by atoms with Crippen LogP contribution < -0.4 is 10.0 Å². The molecule has 0 saturated carbocycles. The Morgan fingerprint density at radius 3 is 2.84 bits per heavy atom. The van der Waals surface area contributed by atoms with Crippen LogP contribution in [0.3, 0.4) is 0 Å². The second-order valence-electron chi connectivity index (χ2n) is 4.11. The van der Waals surface area contributed by atoms with Crippen molar-refractivity contribution in [2.75, 3.05) is 6.54 Å². The highest BCUT2D eigenvalue weighted by molar-refractivity contribution is 7.91. The maximum atomic E-state index is 11.9. The summed E-state index contributed by atoms with van der Waals surface area (Å²) in [7, 11) is -3.72. The molecule has 9 heteroatoms. The lowest BCUT2D eigenvalue weighted by atomic mass is 10.2. The Bertz CT molecular complexity index is 607. The fourth-order valence-electron chi connectivity index (χ4n) is 1.68. The van der Waals surface area contributed by atoms with E-state index in [0.29, 0.717) is 12.8 Å². The van der Waals surface area contributed by atoms with Gasteiger partial charge in [-0.15, -0.1) is 11.3 Å². The molecule has 0 aromatic carbocycles. The molecule has 1 amide bonds. The van der Waals surface area contributed by atoms with Crippen LogP contribution in [0.1, 0.15) is 23.2 Å². The molecular weight excluding hydrogens is 292 g/mol. The third kappa shape index (κ3) is 3.31. The second-order valence-corrected chi connectivity index (χ2v) is 7.02. The summed E-state index contributed by atoms with van der Waals surface area (Å²) in [6.07, 6.45) is 0.987. The van der Waals surface area contributed by atoms with Gasteiger partial charge in [-0.05, 0) is 12.5 Å². The number of carboxylic acids is 1. The summed E-state index contributed by atoms with van der Waals surface area (Å²) in [5.41, 5.74) is -0.0560. The number of amides is 1. The zero-order valence-corrected chi connectivity index (χ0v) is 11.4. The molecule has 1 unspecified atom stereocenters. The molecule has 0 aliphatic carbocycles. The monoisotopic (exact) mass is 304 g/mol. The number of carboxylic acid groups (broad SMARTS) is 1. The normalized spacial score (nSPS) is 19.4. The van der Waals surface area contributed by atoms with E-state index in [1.54, 1.807) is 0 Å². The molecule has 1 aromatic rings. The van der Waals surface area contributed by atoms with Crippen molar-refractivity contribution in [1.29, 1.82) is 0 Å². The Morgan fingerprint density at radius 1 is 1.58 bits per heavy atom. The highest BCUT2D eigenvalue weighted by Gasteiger charge is 2.24. The molecule has 2 rings (SSSR count). The van der Waals surface area contributed by atoms with Crippen LogP contribution in [0.15, 0.2) is 15.7 Å². The molecule has 3 N–H and O–H groups in total. The number of carbonyl (C=O) groups excluding carboxylic acids is 1. The van der Waals surface area contributed by atoms with Crippen molar-refractivity contribution in [2.24, 2.45) is 0 Å². The molecule has 1 aliphatic rings. The van der Waals surface area contributed by atoms with E-state index < -0.39 is 16.0 Å². The van der Waals surface area contributed by atoms with Gasteiger partial charge in [0.2, 0.25) is 15.9 Å². The van der Waals surface area contributed by atoms with Gasteiger partial charge in [0.15, 0.2) is 0 Å². The Kier molecular flexibility index (Phi) is 3.88. The zero-order valence-electron chi connectivity index (χ0n) is 9.75. The largest absolute Gasteiger partial charge is 0.478 e. The summed E-state index contributed by atoms with van der Waals surface area (Å²) >= 11 is 0.849. The van der Waals surface area contributed by atoms with Crippen molar-refractivity contribution >= 4 is 33.2 Å². The van der Waals surface area contributed by atoms with Crippen LogP contribution in [-0.2, 0) is 14.8 Å². The number of hydrogen-bond acceptors (Lipinski definition) is 5. The van der Waals surface area contributed by atoms with Crippen molar-refractivity contribution < 1.29 is 23.1 Å². The second kappa shape index (κ2) is 5.27. The van der Waals surface area contributed by atoms with Crippen molar-refractivity contribution in [2.45, 2.75) is 23.1 Å². The van der Waals surface area contributed by atoms with Gasteiger partial charge in [0.25, 0.3) is 0 Å². The fraction of sp³-hybridized carbons (Fsp3) is 0.400. The molecule has 1 aromatic heterocycles. The maximum absolute atomic E-state index is 11.9. The number of rotatable bonds is 5. The molecule has 0 spiro atoms. The number of sulfonamides is 1. The summed E-state index contributed by atoms with van der Waals surface area (Å²) in [6.45, 7) is 0.106. The van der Waals surface area contributed by atoms with Crippen molar-refractivity contribution in [3.63, 3.8) is 0 Å². The first-order chi connectivity index (χ1) is 8.88. The van der Waals surface area contributed by atoms with Gasteiger partial charge in [-0.25, -0.2) is 17.9 Å². The predicted molar refractivity (Wildman–Crippen MR) is 67.6 cm³/mol. The van der Waals surface area contributed by atoms with Gasteiger partial charge in [-0.3, -0.25) is 4.79 Å². The summed E-state index contributed by atoms with van der Waals surface area (Å²) < 4.78 is 26.1. The minimum atomic E-state index is -3.72. The molecule has 1 saturated heterocycles. The fourth-order valence-corrected chi connectivity index (χ4v) is 3.96. The number of aromatic carboxylic acids is 1. The van der Waals surface area contributed by atoms with Crippen LogP contribution >= 0.6 is 11.3 Å². The summed E-state index contributed by atoms with van der Waals surface area (Å²) in [5.74, 6) is -1.26. The third-order valence-electron chi connectivity index (χ3n) is 2.69. The van der Waals surface area contributed by atoms with Gasteiger partial charge in [0.05, 0.1) is 5.56 Å². The Morgan fingerprint density at radius 2 is 2.32 bits per heavy atom. The van der Waals surface area contributed by atoms with Crippen LogP contribution in [0.5, 0.6) is 0 Å². The molecule has 7 nitrogen and oxygen atoms in total. The summed E-state index contributed by atoms with van der Waals surface area (Å²) in [4.78, 5) is 21.7. The minimum absolute atomic E-state index is 0.0470. The van der Waals surface area contributed by atoms with E-state index in [4.69, 9.17) is 5.11 Å². The number of nitrogens with one attached hydrogen (secondary N) is 2. The highest BCUT2D eigenvalue weighted by atomic mass is 32.2. The summed E-state index contributed by atoms with van der Waals surface area (Å²) in [5, 5.41) is 12.7. The lowest BCUT2D eigenvalue weighted by molar-refractivity contribution is -0.119. The Balaban J connectivity index is 2.01. The number of thiophene rings is 1. The first-order valence-corrected chi connectivity index (χ1v) is 7.85. The molecule has 1 atom stereocenters. The number of hydrogen-bond donors (Lipinski definition) is 3. The van der Waals surface area contributed by atoms with E-state index in [1.807, 2.05) is 0 Å². The van der Waals surface area contributed by atoms with E-state index in [0.717, 1.165) is 17.4 Å². The van der Waals surface area contributed by atoms with Gasteiger partial charge in [-0.1, -0.05) is 0 Å². The van der Waals surface area contributed by atoms with Crippen LogP contribution in [0.25, 0.3) is 0 Å². The SMILES string of the molecule is O=C1CCC(CNS(=O)(=O)c2cc(C(=O)O)cs2)N1. The van der Waals surface area contributed by atoms with Gasteiger partial charge >= 0.3 is 5.97 Å². The minimum Gasteiger partial charge on any atom is -0.478 e. The first-order valence-electron chi connectivity index (χ1n) is 5.49. The van der Waals surface area contributed by atoms with E-state index in [2.05, 4.69) is 10.0 Å². The molecule has 0 radical (unpaired) electrons. The van der Waals surface area contributed by atoms with Crippen LogP contribution in [0.2, 0.25) is 0 Å². The molecule has 1 fully saturated rings. The van der Waals surface area contributed by atoms with E-state index in [9.17, 15) is 18.0 Å². The molecular formula is C10H12N2O5S2. The van der Waals surface area contributed by atoms with E-state index in [1.165, 1.54) is 5.38 Å². The summed E-state index contributed by atoms with van der Waals surface area (Å²) in [6, 6.07) is 0.906. The molecule has 1 aliphatic heterocycles. The lowest BCUT2D eigenvalue weighted by Gasteiger charge is -2.10. The van der Waals surface area contributed by atoms with Gasteiger partial charge in [0.1, 0.15) is 4.21 Å². The smallest absolute Gasteiger partial charge is 0.336 e. The molecule has 104 valence electrons. The predicted octanol–water partition coefficient (Wildman–Crippen LogP) is 0.00320. The van der Waals surface area contributed by atoms with E-state index >= 15 is 0 Å². The Hall–Kier alpha value is -1.45. The zero-order chi connectivity index (χ0) is 14.0. The van der Waals surface area contributed by atoms with Gasteiger partial charge in [-0.2, -0.15) is 0 Å². The lowest BCUT2D eigenvalue weighted by Crippen LogP contribution is -2.38. The maximum Gasteiger partial charge on any atom is 0.336 e. The van der Waals surface area contributed by atoms with Gasteiger partial charge < -0.3 is 10.4 Å². The van der Waals surface area contributed by atoms with Crippen molar-refractivity contribution in [3.05, 3.63) is 17.0 Å². The highest BCUT2D eigenvalue weighted by Crippen LogP contribution is 2.20. The molecule has 19 heavy (non-hydrogen) atoms. The average Bonchev–Trinajstić information content (AvgIpc) is 2.95. The first kappa shape index (κ1) is 14.0. The quantitative estimate of drug-likeness (QED) is 0.709. The van der Waals surface area contributed by atoms with Crippen LogP contribution in [-0.4, -0.2) is 38.0 Å². The topological polar surface area (TPSA) is 113 Å². The Labute approximate surface area is 113 Å². The average molecular weight is 304 g/mol. The van der Waals surface area contributed by atoms with Gasteiger partial charge in [0, 0.05) is 24.4 Å². The van der Waals surface area contributed by atoms with Crippen LogP contribution in [0.4, 0.5) is 0 Å². The third-order valence-corrected chi connectivity index (χ3v) is 5.56. The van der Waals surface area contributed by atoms with Crippen molar-refractivity contribution in [3.8, 4) is 0 Å². The molecule has 2 heterocycles.